The summed E-state index contributed by atoms with van der Waals surface area (Å²) in [6.45, 7) is 0. The van der Waals surface area contributed by atoms with Gasteiger partial charge in [-0.05, 0) is 44.0 Å². The Bertz CT molecular complexity index is 207. The van der Waals surface area contributed by atoms with E-state index < -0.39 is 0 Å². The Labute approximate surface area is 98.4 Å². The van der Waals surface area contributed by atoms with Crippen LogP contribution in [0.5, 0.6) is 5.75 Å². The van der Waals surface area contributed by atoms with E-state index in [0.717, 1.165) is 4.47 Å². The van der Waals surface area contributed by atoms with Gasteiger partial charge in [-0.2, -0.15) is 0 Å². The number of halogens is 2. The van der Waals surface area contributed by atoms with Gasteiger partial charge in [0.1, 0.15) is 5.75 Å². The molecule has 0 heterocycles. The molecule has 1 aromatic carbocycles. The number of rotatable bonds is 0. The molecule has 0 unspecified atom stereocenters. The van der Waals surface area contributed by atoms with Gasteiger partial charge in [-0.1, -0.05) is 6.07 Å². The third kappa shape index (κ3) is 2.55. The number of hydrogen-bond donors (Lipinski definition) is 1. The first-order valence-corrected chi connectivity index (χ1v) is 3.93. The minimum atomic E-state index is 0. The number of benzene rings is 1. The zero-order valence-electron chi connectivity index (χ0n) is 4.44. The average Bonchev–Trinajstić information content (AvgIpc) is 1.83. The summed E-state index contributed by atoms with van der Waals surface area (Å²) in [6.07, 6.45) is 0. The molecule has 0 aliphatic rings. The molecule has 10 heavy (non-hydrogen) atoms. The summed E-state index contributed by atoms with van der Waals surface area (Å²) in [5.41, 5.74) is 0. The second-order valence-corrected chi connectivity index (χ2v) is 3.22. The summed E-state index contributed by atoms with van der Waals surface area (Å²) in [7, 11) is 0. The van der Waals surface area contributed by atoms with E-state index in [0.29, 0.717) is 4.47 Å². The molecule has 0 saturated carbocycles. The zero-order chi connectivity index (χ0) is 6.85. The number of hydrogen-bond acceptors (Lipinski definition) is 1. The van der Waals surface area contributed by atoms with Gasteiger partial charge in [0.15, 0.2) is 0 Å². The molecule has 0 amide bonds. The first-order chi connectivity index (χ1) is 4.22. The van der Waals surface area contributed by atoms with Gasteiger partial charge >= 0.3 is 29.6 Å². The van der Waals surface area contributed by atoms with Crippen LogP contribution in [0.4, 0.5) is 0 Å². The van der Waals surface area contributed by atoms with Gasteiger partial charge in [0.05, 0.1) is 4.47 Å². The first kappa shape index (κ1) is 11.0. The van der Waals surface area contributed by atoms with E-state index in [1.54, 1.807) is 12.1 Å². The van der Waals surface area contributed by atoms with Crippen molar-refractivity contribution in [1.29, 1.82) is 0 Å². The van der Waals surface area contributed by atoms with Crippen LogP contribution in [0.2, 0.25) is 0 Å². The van der Waals surface area contributed by atoms with Crippen molar-refractivity contribution >= 4 is 61.4 Å². The maximum absolute atomic E-state index is 9.02. The first-order valence-electron chi connectivity index (χ1n) is 2.35. The van der Waals surface area contributed by atoms with Gasteiger partial charge < -0.3 is 5.11 Å². The molecule has 0 fully saturated rings. The summed E-state index contributed by atoms with van der Waals surface area (Å²) in [5, 5.41) is 9.02. The summed E-state index contributed by atoms with van der Waals surface area (Å²) in [4.78, 5) is 0. The predicted octanol–water partition coefficient (Wildman–Crippen LogP) is 2.27. The monoisotopic (exact) mass is 274 g/mol. The van der Waals surface area contributed by atoms with Crippen molar-refractivity contribution in [3.05, 3.63) is 27.1 Å². The molecule has 0 aliphatic carbocycles. The van der Waals surface area contributed by atoms with Crippen LogP contribution in [0, 0.1) is 0 Å². The Morgan fingerprint density at radius 2 is 1.80 bits per heavy atom. The van der Waals surface area contributed by atoms with E-state index in [-0.39, 0.29) is 35.3 Å². The molecule has 1 N–H and O–H groups in total. The van der Waals surface area contributed by atoms with E-state index in [9.17, 15) is 0 Å². The molecule has 0 spiro atoms. The molecular formula is C6H5Br2NaO. The molecular weight excluding hydrogens is 271 g/mol. The van der Waals surface area contributed by atoms with E-state index in [1.807, 2.05) is 6.07 Å². The fourth-order valence-electron chi connectivity index (χ4n) is 0.492. The summed E-state index contributed by atoms with van der Waals surface area (Å²) in [5.74, 6) is 0.254. The van der Waals surface area contributed by atoms with Crippen molar-refractivity contribution in [2.24, 2.45) is 0 Å². The molecule has 1 rings (SSSR count). The number of phenolic OH excluding ortho intramolecular Hbond substituents is 1. The quantitative estimate of drug-likeness (QED) is 0.721. The Morgan fingerprint density at radius 3 is 2.20 bits per heavy atom. The Hall–Kier alpha value is 0.980. The van der Waals surface area contributed by atoms with Crippen LogP contribution in [0.1, 0.15) is 0 Å². The summed E-state index contributed by atoms with van der Waals surface area (Å²) >= 11 is 6.42. The van der Waals surface area contributed by atoms with Gasteiger partial charge in [-0.15, -0.1) is 0 Å². The van der Waals surface area contributed by atoms with Gasteiger partial charge in [0, 0.05) is 4.47 Å². The SMILES string of the molecule is Oc1cccc(Br)c1Br.[NaH]. The topological polar surface area (TPSA) is 20.2 Å². The molecule has 1 aromatic rings. The third-order valence-corrected chi connectivity index (χ3v) is 2.96. The Morgan fingerprint density at radius 1 is 1.20 bits per heavy atom. The third-order valence-electron chi connectivity index (χ3n) is 0.931. The fourth-order valence-corrected chi connectivity index (χ4v) is 1.11. The standard InChI is InChI=1S/C6H4Br2O.Na.H/c7-4-2-1-3-5(9)6(4)8;;/h1-3,9H;;. The van der Waals surface area contributed by atoms with Crippen LogP contribution < -0.4 is 0 Å². The normalized spacial score (nSPS) is 8.60. The second kappa shape index (κ2) is 4.78. The van der Waals surface area contributed by atoms with E-state index >= 15 is 0 Å². The molecule has 4 heteroatoms. The van der Waals surface area contributed by atoms with Crippen molar-refractivity contribution in [2.75, 3.05) is 0 Å². The predicted molar refractivity (Wildman–Crippen MR) is 50.7 cm³/mol. The van der Waals surface area contributed by atoms with Gasteiger partial charge in [-0.3, -0.25) is 0 Å². The Kier molecular flexibility index (Phi) is 5.24. The Balaban J connectivity index is 0.000000810. The van der Waals surface area contributed by atoms with E-state index in [4.69, 9.17) is 5.11 Å². The van der Waals surface area contributed by atoms with Crippen LogP contribution in [0.25, 0.3) is 0 Å². The molecule has 0 aromatic heterocycles. The van der Waals surface area contributed by atoms with E-state index in [2.05, 4.69) is 31.9 Å². The average molecular weight is 276 g/mol. The van der Waals surface area contributed by atoms with Gasteiger partial charge in [0.2, 0.25) is 0 Å². The van der Waals surface area contributed by atoms with Crippen LogP contribution in [-0.4, -0.2) is 34.7 Å². The number of phenols is 1. The van der Waals surface area contributed by atoms with Gasteiger partial charge in [0.25, 0.3) is 0 Å². The van der Waals surface area contributed by atoms with Crippen molar-refractivity contribution in [3.63, 3.8) is 0 Å². The number of aromatic hydroxyl groups is 1. The van der Waals surface area contributed by atoms with Crippen LogP contribution in [-0.2, 0) is 0 Å². The molecule has 1 nitrogen and oxygen atoms in total. The van der Waals surface area contributed by atoms with Crippen molar-refractivity contribution in [3.8, 4) is 5.75 Å². The second-order valence-electron chi connectivity index (χ2n) is 1.57. The van der Waals surface area contributed by atoms with Crippen molar-refractivity contribution < 1.29 is 5.11 Å². The van der Waals surface area contributed by atoms with Crippen LogP contribution in [0.3, 0.4) is 0 Å². The maximum atomic E-state index is 9.02. The van der Waals surface area contributed by atoms with Crippen LogP contribution >= 0.6 is 31.9 Å². The van der Waals surface area contributed by atoms with Crippen molar-refractivity contribution in [1.82, 2.24) is 0 Å². The minimum absolute atomic E-state index is 0. The zero-order valence-corrected chi connectivity index (χ0v) is 7.61. The molecule has 0 bridgehead atoms. The van der Waals surface area contributed by atoms with Crippen LogP contribution in [0.15, 0.2) is 27.1 Å². The summed E-state index contributed by atoms with van der Waals surface area (Å²) in [6, 6.07) is 5.24. The molecule has 0 saturated heterocycles. The molecule has 0 radical (unpaired) electrons. The fraction of sp³-hybridized carbons (Fsp3) is 0. The molecule has 0 aliphatic heterocycles. The molecule has 50 valence electrons. The van der Waals surface area contributed by atoms with E-state index in [1.165, 1.54) is 0 Å². The van der Waals surface area contributed by atoms with Crippen molar-refractivity contribution in [2.45, 2.75) is 0 Å². The molecule has 0 atom stereocenters. The summed E-state index contributed by atoms with van der Waals surface area (Å²) < 4.78 is 1.56. The van der Waals surface area contributed by atoms with Gasteiger partial charge in [-0.25, -0.2) is 0 Å².